The maximum Gasteiger partial charge on any atom is 1.00 e. The third-order valence-corrected chi connectivity index (χ3v) is 3.79. The van der Waals surface area contributed by atoms with E-state index < -0.39 is 20.2 Å². The Hall–Kier alpha value is -0.144. The van der Waals surface area contributed by atoms with E-state index in [0.29, 0.717) is 0 Å². The van der Waals surface area contributed by atoms with Crippen LogP contribution in [0.1, 0.15) is 0 Å². The van der Waals surface area contributed by atoms with Crippen LogP contribution in [0.5, 0.6) is 0 Å². The van der Waals surface area contributed by atoms with Crippen LogP contribution >= 0.6 is 0 Å². The zero-order valence-corrected chi connectivity index (χ0v) is 16.5. The van der Waals surface area contributed by atoms with Crippen LogP contribution in [0.4, 0.5) is 0 Å². The fourth-order valence-corrected chi connectivity index (χ4v) is 2.17. The van der Waals surface area contributed by atoms with Crippen molar-refractivity contribution in [3.05, 3.63) is 60.7 Å². The molecule has 0 amide bonds. The summed E-state index contributed by atoms with van der Waals surface area (Å²) < 4.78 is 60.1. The smallest absolute Gasteiger partial charge is 0.744 e. The summed E-state index contributed by atoms with van der Waals surface area (Å²) in [6.45, 7) is 0. The molecule has 0 fully saturated rings. The molecule has 0 heterocycles. The zero-order chi connectivity index (χ0) is 15.2. The van der Waals surface area contributed by atoms with Crippen LogP contribution in [0.25, 0.3) is 0 Å². The molecule has 2 rings (SSSR count). The van der Waals surface area contributed by atoms with Crippen LogP contribution in [-0.2, 0) is 20.2 Å². The molecule has 0 spiro atoms. The molecular formula is C12H14KNO6S2. The van der Waals surface area contributed by atoms with Crippen LogP contribution in [-0.4, -0.2) is 25.9 Å². The summed E-state index contributed by atoms with van der Waals surface area (Å²) in [5.41, 5.74) is 0. The van der Waals surface area contributed by atoms with E-state index in [0.717, 1.165) is 0 Å². The van der Waals surface area contributed by atoms with Gasteiger partial charge in [-0.1, -0.05) is 36.4 Å². The van der Waals surface area contributed by atoms with Gasteiger partial charge in [0.15, 0.2) is 0 Å². The Morgan fingerprint density at radius 2 is 1.05 bits per heavy atom. The van der Waals surface area contributed by atoms with Gasteiger partial charge in [0.1, 0.15) is 10.1 Å². The average Bonchev–Trinajstić information content (AvgIpc) is 2.40. The molecule has 0 atom stereocenters. The summed E-state index contributed by atoms with van der Waals surface area (Å²) in [6.07, 6.45) is 0. The summed E-state index contributed by atoms with van der Waals surface area (Å²) in [5.74, 6) is 0. The van der Waals surface area contributed by atoms with Crippen molar-refractivity contribution in [3.8, 4) is 0 Å². The van der Waals surface area contributed by atoms with Gasteiger partial charge in [0, 0.05) is 0 Å². The second kappa shape index (κ2) is 10.6. The number of hydrogen-bond donors (Lipinski definition) is 2. The zero-order valence-electron chi connectivity index (χ0n) is 11.8. The molecule has 22 heavy (non-hydrogen) atoms. The Kier molecular flexibility index (Phi) is 11.6. The molecule has 0 unspecified atom stereocenters. The van der Waals surface area contributed by atoms with Gasteiger partial charge in [0.05, 0.1) is 9.79 Å². The van der Waals surface area contributed by atoms with Crippen molar-refractivity contribution in [2.24, 2.45) is 0 Å². The van der Waals surface area contributed by atoms with Crippen LogP contribution < -0.4 is 57.5 Å². The Morgan fingerprint density at radius 3 is 1.23 bits per heavy atom. The molecule has 0 radical (unpaired) electrons. The minimum Gasteiger partial charge on any atom is -0.744 e. The molecule has 2 aromatic rings. The first-order valence-corrected chi connectivity index (χ1v) is 8.09. The number of hydrogen-bond acceptors (Lipinski definition) is 6. The van der Waals surface area contributed by atoms with Crippen molar-refractivity contribution in [2.75, 3.05) is 0 Å². The van der Waals surface area contributed by atoms with E-state index in [2.05, 4.69) is 0 Å². The van der Waals surface area contributed by atoms with Crippen LogP contribution in [0, 0.1) is 0 Å². The fourth-order valence-electron chi connectivity index (χ4n) is 1.18. The summed E-state index contributed by atoms with van der Waals surface area (Å²) in [5, 5.41) is 0. The van der Waals surface area contributed by atoms with E-state index in [4.69, 9.17) is 4.55 Å². The topological polar surface area (TPSA) is 147 Å². The van der Waals surface area contributed by atoms with E-state index in [9.17, 15) is 21.4 Å². The fraction of sp³-hybridized carbons (Fsp3) is 0. The molecule has 0 aromatic heterocycles. The van der Waals surface area contributed by atoms with Crippen LogP contribution in [0.2, 0.25) is 0 Å². The summed E-state index contributed by atoms with van der Waals surface area (Å²) >= 11 is 0. The van der Waals surface area contributed by atoms with Gasteiger partial charge < -0.3 is 10.7 Å². The van der Waals surface area contributed by atoms with Crippen LogP contribution in [0.15, 0.2) is 70.5 Å². The van der Waals surface area contributed by atoms with Crippen molar-refractivity contribution in [1.82, 2.24) is 6.15 Å². The van der Waals surface area contributed by atoms with Crippen molar-refractivity contribution in [1.29, 1.82) is 0 Å². The van der Waals surface area contributed by atoms with Crippen molar-refractivity contribution < 1.29 is 77.3 Å². The van der Waals surface area contributed by atoms with E-state index in [-0.39, 0.29) is 67.3 Å². The van der Waals surface area contributed by atoms with E-state index >= 15 is 0 Å². The molecule has 0 saturated heterocycles. The molecule has 0 aliphatic carbocycles. The second-order valence-electron chi connectivity index (χ2n) is 3.56. The standard InChI is InChI=1S/2C6H6O3S.K.H3N/c2*7-10(8,9)6-4-2-1-3-5-6;;/h2*1-5H,(H,7,8,9);;1H3/q;;+1;/p-1. The van der Waals surface area contributed by atoms with E-state index in [1.54, 1.807) is 24.3 Å². The van der Waals surface area contributed by atoms with Crippen LogP contribution in [0.3, 0.4) is 0 Å². The summed E-state index contributed by atoms with van der Waals surface area (Å²) in [6, 6.07) is 14.6. The van der Waals surface area contributed by atoms with Gasteiger partial charge >= 0.3 is 51.4 Å². The average molecular weight is 371 g/mol. The molecule has 0 bridgehead atoms. The quantitative estimate of drug-likeness (QED) is 0.492. The Bertz CT molecular complexity index is 681. The number of benzene rings is 2. The first-order chi connectivity index (χ1) is 9.21. The third-order valence-electron chi connectivity index (χ3n) is 2.07. The van der Waals surface area contributed by atoms with Gasteiger partial charge in [0.2, 0.25) is 0 Å². The Balaban J connectivity index is 0. The van der Waals surface area contributed by atoms with Gasteiger partial charge in [-0.25, -0.2) is 8.42 Å². The SMILES string of the molecule is N.O=S(=O)(O)c1ccccc1.O=S(=O)([O-])c1ccccc1.[K+]. The molecule has 10 heteroatoms. The predicted molar refractivity (Wildman–Crippen MR) is 75.7 cm³/mol. The van der Waals surface area contributed by atoms with Gasteiger partial charge in [0.25, 0.3) is 10.1 Å². The first-order valence-electron chi connectivity index (χ1n) is 5.25. The molecule has 116 valence electrons. The third kappa shape index (κ3) is 9.10. The number of rotatable bonds is 2. The molecule has 0 aliphatic heterocycles. The molecule has 2 aromatic carbocycles. The minimum atomic E-state index is -4.25. The summed E-state index contributed by atoms with van der Waals surface area (Å²) in [4.78, 5) is -0.259. The van der Waals surface area contributed by atoms with Gasteiger partial charge in [-0.15, -0.1) is 0 Å². The largest absolute Gasteiger partial charge is 1.00 e. The van der Waals surface area contributed by atoms with Gasteiger partial charge in [-0.05, 0) is 24.3 Å². The molecule has 0 aliphatic rings. The molecular weight excluding hydrogens is 357 g/mol. The predicted octanol–water partition coefficient (Wildman–Crippen LogP) is -1.31. The maximum absolute atomic E-state index is 10.4. The van der Waals surface area contributed by atoms with Gasteiger partial charge in [-0.2, -0.15) is 8.42 Å². The molecule has 4 N–H and O–H groups in total. The normalized spacial score (nSPS) is 10.3. The first kappa shape index (κ1) is 24.1. The van der Waals surface area contributed by atoms with Crippen molar-refractivity contribution >= 4 is 20.2 Å². The van der Waals surface area contributed by atoms with Crippen molar-refractivity contribution in [3.63, 3.8) is 0 Å². The molecule has 0 saturated carbocycles. The minimum absolute atomic E-state index is 0. The molecule has 7 nitrogen and oxygen atoms in total. The second-order valence-corrected chi connectivity index (χ2v) is 6.36. The maximum atomic E-state index is 10.4. The van der Waals surface area contributed by atoms with E-state index in [1.165, 1.54) is 36.4 Å². The van der Waals surface area contributed by atoms with Gasteiger partial charge in [-0.3, -0.25) is 4.55 Å². The van der Waals surface area contributed by atoms with Crippen molar-refractivity contribution in [2.45, 2.75) is 9.79 Å². The Labute approximate surface area is 172 Å². The monoisotopic (exact) mass is 371 g/mol. The summed E-state index contributed by atoms with van der Waals surface area (Å²) in [7, 11) is -8.26. The van der Waals surface area contributed by atoms with E-state index in [1.807, 2.05) is 0 Å². The Morgan fingerprint density at radius 1 is 0.727 bits per heavy atom.